The van der Waals surface area contributed by atoms with Crippen molar-refractivity contribution in [3.63, 3.8) is 0 Å². The van der Waals surface area contributed by atoms with Gasteiger partial charge >= 0.3 is 5.97 Å². The minimum absolute atomic E-state index is 0.0790. The fraction of sp³-hybridized carbons (Fsp3) is 0.370. The highest BCUT2D eigenvalue weighted by Gasteiger charge is 2.53. The Hall–Kier alpha value is -3.70. The molecule has 0 radical (unpaired) electrons. The van der Waals surface area contributed by atoms with Crippen molar-refractivity contribution in [3.05, 3.63) is 59.2 Å². The standard InChI is InChI=1S/C27H27FN4O3/c1-15-9-18(5-6-20(15)28)32-22-10-16-14-30-31-21(16)11-19(22)23(24(32)26(2,3)7-8-29)17-12-27(13-17,35-4)25(33)34/h5-6,9-11,14,17H,7,12-13H2,1-4H3,(H,30,31)(H,33,34). The summed E-state index contributed by atoms with van der Waals surface area (Å²) in [5, 5.41) is 28.6. The number of hydrogen-bond acceptors (Lipinski definition) is 4. The van der Waals surface area contributed by atoms with Gasteiger partial charge in [0, 0.05) is 41.1 Å². The van der Waals surface area contributed by atoms with Gasteiger partial charge in [-0.1, -0.05) is 13.8 Å². The van der Waals surface area contributed by atoms with Crippen molar-refractivity contribution in [1.82, 2.24) is 14.8 Å². The number of fused-ring (bicyclic) bond motifs is 2. The van der Waals surface area contributed by atoms with Crippen molar-refractivity contribution in [3.8, 4) is 11.8 Å². The second-order valence-electron chi connectivity index (χ2n) is 10.2. The van der Waals surface area contributed by atoms with Gasteiger partial charge in [-0.25, -0.2) is 9.18 Å². The number of nitriles is 1. The molecule has 2 N–H and O–H groups in total. The van der Waals surface area contributed by atoms with Gasteiger partial charge < -0.3 is 14.4 Å². The third-order valence-electron chi connectivity index (χ3n) is 7.47. The molecule has 4 aromatic rings. The van der Waals surface area contributed by atoms with Gasteiger partial charge in [0.25, 0.3) is 0 Å². The van der Waals surface area contributed by atoms with E-state index in [4.69, 9.17) is 4.74 Å². The van der Waals surface area contributed by atoms with E-state index in [0.29, 0.717) is 18.4 Å². The first-order valence-electron chi connectivity index (χ1n) is 11.6. The van der Waals surface area contributed by atoms with Crippen LogP contribution < -0.4 is 0 Å². The van der Waals surface area contributed by atoms with E-state index in [9.17, 15) is 19.6 Å². The molecule has 0 amide bonds. The van der Waals surface area contributed by atoms with Crippen LogP contribution in [0.15, 0.2) is 36.5 Å². The van der Waals surface area contributed by atoms with E-state index >= 15 is 0 Å². The fourth-order valence-electron chi connectivity index (χ4n) is 5.52. The molecule has 180 valence electrons. The van der Waals surface area contributed by atoms with Crippen LogP contribution in [0, 0.1) is 24.1 Å². The number of rotatable bonds is 6. The maximum absolute atomic E-state index is 14.2. The number of aromatic nitrogens is 3. The number of benzene rings is 2. The second-order valence-corrected chi connectivity index (χ2v) is 10.2. The average molecular weight is 475 g/mol. The minimum atomic E-state index is -1.22. The van der Waals surface area contributed by atoms with Crippen LogP contribution in [0.25, 0.3) is 27.5 Å². The Bertz CT molecular complexity index is 1520. The lowest BCUT2D eigenvalue weighted by Crippen LogP contribution is -2.51. The highest BCUT2D eigenvalue weighted by Crippen LogP contribution is 2.53. The molecule has 8 heteroatoms. The number of H-pyrrole nitrogens is 1. The van der Waals surface area contributed by atoms with Crippen molar-refractivity contribution in [2.24, 2.45) is 0 Å². The zero-order valence-corrected chi connectivity index (χ0v) is 20.1. The number of carbonyl (C=O) groups is 1. The SMILES string of the molecule is COC1(C(=O)O)CC(c2c(C(C)(C)CC#N)n(-c3ccc(F)c(C)c3)c3cc4cn[nH]c4cc23)C1. The smallest absolute Gasteiger partial charge is 0.335 e. The Kier molecular flexibility index (Phi) is 5.22. The van der Waals surface area contributed by atoms with Crippen LogP contribution >= 0.6 is 0 Å². The van der Waals surface area contributed by atoms with E-state index in [-0.39, 0.29) is 18.2 Å². The van der Waals surface area contributed by atoms with Gasteiger partial charge in [-0.3, -0.25) is 5.10 Å². The minimum Gasteiger partial charge on any atom is -0.479 e. The predicted octanol–water partition coefficient (Wildman–Crippen LogP) is 5.49. The van der Waals surface area contributed by atoms with Crippen LogP contribution in [0.4, 0.5) is 4.39 Å². The Morgan fingerprint density at radius 1 is 1.37 bits per heavy atom. The highest BCUT2D eigenvalue weighted by atomic mass is 19.1. The number of aliphatic carboxylic acids is 1. The molecule has 0 aliphatic heterocycles. The summed E-state index contributed by atoms with van der Waals surface area (Å²) in [7, 11) is 1.43. The van der Waals surface area contributed by atoms with Crippen molar-refractivity contribution < 1.29 is 19.0 Å². The molecule has 1 aliphatic carbocycles. The first-order valence-corrected chi connectivity index (χ1v) is 11.6. The summed E-state index contributed by atoms with van der Waals surface area (Å²) in [6.45, 7) is 5.77. The molecule has 0 spiro atoms. The lowest BCUT2D eigenvalue weighted by Gasteiger charge is -2.44. The Morgan fingerprint density at radius 2 is 2.11 bits per heavy atom. The molecule has 0 atom stereocenters. The average Bonchev–Trinajstić information content (AvgIpc) is 3.36. The zero-order chi connectivity index (χ0) is 25.1. The zero-order valence-electron chi connectivity index (χ0n) is 20.1. The summed E-state index contributed by atoms with van der Waals surface area (Å²) in [5.74, 6) is -1.33. The number of nitrogens with one attached hydrogen (secondary N) is 1. The van der Waals surface area contributed by atoms with Gasteiger partial charge in [0.05, 0.1) is 23.3 Å². The van der Waals surface area contributed by atoms with Gasteiger partial charge in [-0.15, -0.1) is 0 Å². The second kappa shape index (κ2) is 7.92. The van der Waals surface area contributed by atoms with E-state index in [1.165, 1.54) is 13.2 Å². The number of nitrogens with zero attached hydrogens (tertiary/aromatic N) is 3. The summed E-state index contributed by atoms with van der Waals surface area (Å²) in [4.78, 5) is 12.0. The third kappa shape index (κ3) is 3.41. The molecular formula is C27H27FN4O3. The monoisotopic (exact) mass is 474 g/mol. The Balaban J connectivity index is 1.86. The molecule has 5 rings (SSSR count). The molecule has 2 aromatic carbocycles. The lowest BCUT2D eigenvalue weighted by molar-refractivity contribution is -0.175. The van der Waals surface area contributed by atoms with Gasteiger partial charge in [0.2, 0.25) is 0 Å². The number of carboxylic acid groups (broad SMARTS) is 1. The van der Waals surface area contributed by atoms with Gasteiger partial charge in [-0.05, 0) is 67.1 Å². The van der Waals surface area contributed by atoms with Crippen LogP contribution in [-0.2, 0) is 14.9 Å². The molecule has 7 nitrogen and oxygen atoms in total. The quantitative estimate of drug-likeness (QED) is 0.384. The van der Waals surface area contributed by atoms with Crippen molar-refractivity contribution in [2.75, 3.05) is 7.11 Å². The Morgan fingerprint density at radius 3 is 2.74 bits per heavy atom. The van der Waals surface area contributed by atoms with Gasteiger partial charge in [0.1, 0.15) is 5.82 Å². The van der Waals surface area contributed by atoms with E-state index in [2.05, 4.69) is 20.8 Å². The number of carboxylic acids is 1. The molecule has 35 heavy (non-hydrogen) atoms. The summed E-state index contributed by atoms with van der Waals surface area (Å²) < 4.78 is 21.8. The van der Waals surface area contributed by atoms with Crippen LogP contribution in [0.3, 0.4) is 0 Å². The van der Waals surface area contributed by atoms with Crippen LogP contribution in [0.1, 0.15) is 55.8 Å². The first-order chi connectivity index (χ1) is 16.6. The van der Waals surface area contributed by atoms with Crippen LogP contribution in [0.5, 0.6) is 0 Å². The van der Waals surface area contributed by atoms with E-state index < -0.39 is 17.0 Å². The number of methoxy groups -OCH3 is 1. The molecule has 0 unspecified atom stereocenters. The van der Waals surface area contributed by atoms with Crippen molar-refractivity contribution in [1.29, 1.82) is 5.26 Å². The molecular weight excluding hydrogens is 447 g/mol. The molecule has 0 saturated heterocycles. The normalized spacial score (nSPS) is 20.2. The summed E-state index contributed by atoms with van der Waals surface area (Å²) >= 11 is 0. The number of aryl methyl sites for hydroxylation is 1. The maximum atomic E-state index is 14.2. The van der Waals surface area contributed by atoms with E-state index in [1.54, 1.807) is 19.2 Å². The van der Waals surface area contributed by atoms with Crippen LogP contribution in [0.2, 0.25) is 0 Å². The van der Waals surface area contributed by atoms with E-state index in [0.717, 1.165) is 38.8 Å². The van der Waals surface area contributed by atoms with Crippen molar-refractivity contribution in [2.45, 2.75) is 57.0 Å². The number of halogens is 1. The van der Waals surface area contributed by atoms with Gasteiger partial charge in [0.15, 0.2) is 5.60 Å². The predicted molar refractivity (Wildman–Crippen MR) is 130 cm³/mol. The first kappa shape index (κ1) is 23.1. The summed E-state index contributed by atoms with van der Waals surface area (Å²) in [5.41, 5.74) is 3.24. The summed E-state index contributed by atoms with van der Waals surface area (Å²) in [6.07, 6.45) is 2.68. The topological polar surface area (TPSA) is 104 Å². The van der Waals surface area contributed by atoms with E-state index in [1.807, 2.05) is 32.0 Å². The van der Waals surface area contributed by atoms with Crippen LogP contribution in [-0.4, -0.2) is 38.6 Å². The largest absolute Gasteiger partial charge is 0.479 e. The highest BCUT2D eigenvalue weighted by molar-refractivity contribution is 5.99. The molecule has 2 heterocycles. The summed E-state index contributed by atoms with van der Waals surface area (Å²) in [6, 6.07) is 11.4. The number of aromatic amines is 1. The molecule has 2 aromatic heterocycles. The van der Waals surface area contributed by atoms with Gasteiger partial charge in [-0.2, -0.15) is 10.4 Å². The number of hydrogen-bond donors (Lipinski definition) is 2. The van der Waals surface area contributed by atoms with Crippen molar-refractivity contribution >= 4 is 27.8 Å². The Labute approximate surface area is 202 Å². The molecule has 1 fully saturated rings. The fourth-order valence-corrected chi connectivity index (χ4v) is 5.52. The third-order valence-corrected chi connectivity index (χ3v) is 7.47. The molecule has 0 bridgehead atoms. The number of ether oxygens (including phenoxy) is 1. The lowest BCUT2D eigenvalue weighted by atomic mass is 9.65. The maximum Gasteiger partial charge on any atom is 0.335 e. The molecule has 1 saturated carbocycles. The molecule has 1 aliphatic rings.